The summed E-state index contributed by atoms with van der Waals surface area (Å²) in [5, 5.41) is 8.48. The largest absolute Gasteiger partial charge is 0.472 e. The van der Waals surface area contributed by atoms with Crippen molar-refractivity contribution >= 4 is 22.1 Å². The van der Waals surface area contributed by atoms with Crippen LogP contribution in [-0.4, -0.2) is 53.1 Å². The molecule has 178 valence electrons. The van der Waals surface area contributed by atoms with Crippen molar-refractivity contribution in [3.8, 4) is 33.8 Å². The van der Waals surface area contributed by atoms with Crippen molar-refractivity contribution in [3.05, 3.63) is 67.3 Å². The second-order valence-corrected chi connectivity index (χ2v) is 9.29. The minimum atomic E-state index is 0.657. The third-order valence-corrected chi connectivity index (χ3v) is 6.85. The van der Waals surface area contributed by atoms with Gasteiger partial charge in [-0.05, 0) is 49.7 Å². The topological polar surface area (TPSA) is 112 Å². The molecule has 0 aromatic carbocycles. The fourth-order valence-corrected chi connectivity index (χ4v) is 5.02. The van der Waals surface area contributed by atoms with Gasteiger partial charge in [-0.25, -0.2) is 9.97 Å². The van der Waals surface area contributed by atoms with Gasteiger partial charge >= 0.3 is 0 Å². The van der Waals surface area contributed by atoms with Gasteiger partial charge in [0, 0.05) is 53.6 Å². The molecule has 0 spiro atoms. The lowest BCUT2D eigenvalue weighted by atomic mass is 10.1. The molecule has 6 aromatic rings. The highest BCUT2D eigenvalue weighted by Crippen LogP contribution is 2.32. The highest BCUT2D eigenvalue weighted by atomic mass is 16.3. The van der Waals surface area contributed by atoms with Crippen molar-refractivity contribution in [2.24, 2.45) is 0 Å². The number of rotatable bonds is 5. The molecule has 0 unspecified atom stereocenters. The number of imidazole rings is 1. The van der Waals surface area contributed by atoms with E-state index >= 15 is 0 Å². The van der Waals surface area contributed by atoms with Crippen LogP contribution in [0, 0.1) is 0 Å². The van der Waals surface area contributed by atoms with Gasteiger partial charge in [-0.3, -0.25) is 20.0 Å². The molecule has 0 radical (unpaired) electrons. The molecular formula is C27H24N8O. The van der Waals surface area contributed by atoms with Crippen LogP contribution < -0.4 is 0 Å². The Kier molecular flexibility index (Phi) is 5.06. The minimum absolute atomic E-state index is 0.657. The molecule has 9 heteroatoms. The maximum Gasteiger partial charge on any atom is 0.159 e. The van der Waals surface area contributed by atoms with Crippen LogP contribution in [0.4, 0.5) is 0 Å². The number of furan rings is 1. The maximum atomic E-state index is 5.26. The third-order valence-electron chi connectivity index (χ3n) is 6.85. The van der Waals surface area contributed by atoms with Gasteiger partial charge in [-0.2, -0.15) is 5.10 Å². The summed E-state index contributed by atoms with van der Waals surface area (Å²) < 4.78 is 5.26. The number of pyridine rings is 3. The van der Waals surface area contributed by atoms with E-state index in [4.69, 9.17) is 9.40 Å². The van der Waals surface area contributed by atoms with E-state index in [9.17, 15) is 0 Å². The molecule has 0 saturated carbocycles. The van der Waals surface area contributed by atoms with E-state index < -0.39 is 0 Å². The Morgan fingerprint density at radius 2 is 1.81 bits per heavy atom. The van der Waals surface area contributed by atoms with Crippen LogP contribution in [-0.2, 0) is 6.54 Å². The lowest BCUT2D eigenvalue weighted by molar-refractivity contribution is 0.220. The van der Waals surface area contributed by atoms with Crippen LogP contribution in [0.1, 0.15) is 24.8 Å². The normalized spacial score (nSPS) is 14.7. The first-order valence-electron chi connectivity index (χ1n) is 12.2. The molecular weight excluding hydrogens is 452 g/mol. The Morgan fingerprint density at radius 1 is 0.917 bits per heavy atom. The van der Waals surface area contributed by atoms with E-state index in [0.717, 1.165) is 58.3 Å². The highest BCUT2D eigenvalue weighted by molar-refractivity contribution is 5.96. The number of aromatic amines is 2. The van der Waals surface area contributed by atoms with Crippen molar-refractivity contribution in [2.75, 3.05) is 13.1 Å². The lowest BCUT2D eigenvalue weighted by Gasteiger charge is -2.26. The number of likely N-dealkylation sites (tertiary alicyclic amines) is 1. The molecule has 7 heterocycles. The number of piperidine rings is 1. The molecule has 0 amide bonds. The van der Waals surface area contributed by atoms with E-state index in [2.05, 4.69) is 47.2 Å². The van der Waals surface area contributed by atoms with Gasteiger partial charge in [0.2, 0.25) is 0 Å². The molecule has 0 atom stereocenters. The van der Waals surface area contributed by atoms with Crippen LogP contribution in [0.3, 0.4) is 0 Å². The number of H-pyrrole nitrogens is 2. The Morgan fingerprint density at radius 3 is 2.69 bits per heavy atom. The number of aromatic nitrogens is 7. The second kappa shape index (κ2) is 8.69. The summed E-state index contributed by atoms with van der Waals surface area (Å²) in [6.07, 6.45) is 16.5. The number of fused-ring (bicyclic) bond motifs is 2. The lowest BCUT2D eigenvalue weighted by Crippen LogP contribution is -2.29. The molecule has 1 aliphatic rings. The van der Waals surface area contributed by atoms with Crippen molar-refractivity contribution in [2.45, 2.75) is 25.8 Å². The summed E-state index contributed by atoms with van der Waals surface area (Å²) in [6.45, 7) is 3.25. The molecule has 1 aliphatic heterocycles. The highest BCUT2D eigenvalue weighted by Gasteiger charge is 2.17. The van der Waals surface area contributed by atoms with Crippen molar-refractivity contribution in [3.63, 3.8) is 0 Å². The van der Waals surface area contributed by atoms with Crippen LogP contribution in [0.5, 0.6) is 0 Å². The molecule has 7 rings (SSSR count). The van der Waals surface area contributed by atoms with Gasteiger partial charge < -0.3 is 9.40 Å². The molecule has 9 nitrogen and oxygen atoms in total. The minimum Gasteiger partial charge on any atom is -0.472 e. The van der Waals surface area contributed by atoms with Gasteiger partial charge in [0.15, 0.2) is 11.5 Å². The summed E-state index contributed by atoms with van der Waals surface area (Å²) in [4.78, 5) is 24.3. The first-order valence-corrected chi connectivity index (χ1v) is 12.2. The fourth-order valence-electron chi connectivity index (χ4n) is 5.02. The fraction of sp³-hybridized carbons (Fsp3) is 0.222. The number of hydrogen-bond acceptors (Lipinski definition) is 7. The van der Waals surface area contributed by atoms with E-state index in [1.165, 1.54) is 24.8 Å². The monoisotopic (exact) mass is 476 g/mol. The quantitative estimate of drug-likeness (QED) is 0.351. The predicted octanol–water partition coefficient (Wildman–Crippen LogP) is 5.20. The summed E-state index contributed by atoms with van der Waals surface area (Å²) >= 11 is 0. The standard InChI is InChI=1S/C27H24N8O/c1-2-5-35(6-3-1)15-17-8-19(11-28-10-17)20-9-21-25(33-34-26(21)30-12-20)27-31-23-14-29-13-22(24(23)32-27)18-4-7-36-16-18/h4,7-14,16H,1-3,5-6,15H2,(H,31,32)(H,30,33,34). The second-order valence-electron chi connectivity index (χ2n) is 9.29. The maximum absolute atomic E-state index is 5.26. The number of hydrogen-bond donors (Lipinski definition) is 2. The molecule has 1 saturated heterocycles. The van der Waals surface area contributed by atoms with E-state index in [1.807, 2.05) is 24.7 Å². The SMILES string of the molecule is c1cc(-c2cncc3[nH]c(-c4n[nH]c5ncc(-c6cncc(CN7CCCCC7)c6)cc45)nc23)co1. The number of nitrogens with one attached hydrogen (secondary N) is 2. The van der Waals surface area contributed by atoms with Crippen molar-refractivity contribution in [1.29, 1.82) is 0 Å². The van der Waals surface area contributed by atoms with Crippen molar-refractivity contribution < 1.29 is 4.42 Å². The molecule has 6 aromatic heterocycles. The molecule has 0 bridgehead atoms. The van der Waals surface area contributed by atoms with Gasteiger partial charge in [0.25, 0.3) is 0 Å². The van der Waals surface area contributed by atoms with Gasteiger partial charge in [0.05, 0.1) is 29.6 Å². The molecule has 0 aliphatic carbocycles. The van der Waals surface area contributed by atoms with Gasteiger partial charge in [-0.1, -0.05) is 6.42 Å². The van der Waals surface area contributed by atoms with Crippen molar-refractivity contribution in [1.82, 2.24) is 40.0 Å². The average Bonchev–Trinajstić information content (AvgIpc) is 3.68. The predicted molar refractivity (Wildman–Crippen MR) is 137 cm³/mol. The van der Waals surface area contributed by atoms with E-state index in [-0.39, 0.29) is 0 Å². The molecule has 1 fully saturated rings. The van der Waals surface area contributed by atoms with Crippen LogP contribution in [0.25, 0.3) is 55.8 Å². The zero-order valence-electron chi connectivity index (χ0n) is 19.6. The third kappa shape index (κ3) is 3.74. The van der Waals surface area contributed by atoms with Gasteiger partial charge in [-0.15, -0.1) is 0 Å². The van der Waals surface area contributed by atoms with Crippen LogP contribution >= 0.6 is 0 Å². The zero-order chi connectivity index (χ0) is 23.9. The Hall–Kier alpha value is -4.37. The number of nitrogens with zero attached hydrogens (tertiary/aromatic N) is 6. The zero-order valence-corrected chi connectivity index (χ0v) is 19.6. The smallest absolute Gasteiger partial charge is 0.159 e. The van der Waals surface area contributed by atoms with Gasteiger partial charge in [0.1, 0.15) is 11.2 Å². The Labute approximate surface area is 206 Å². The average molecular weight is 477 g/mol. The first kappa shape index (κ1) is 21.0. The molecule has 36 heavy (non-hydrogen) atoms. The first-order chi connectivity index (χ1) is 17.8. The summed E-state index contributed by atoms with van der Waals surface area (Å²) in [5.41, 5.74) is 8.16. The Bertz CT molecular complexity index is 1660. The van der Waals surface area contributed by atoms with E-state index in [1.54, 1.807) is 24.9 Å². The summed E-state index contributed by atoms with van der Waals surface area (Å²) in [5.74, 6) is 0.657. The van der Waals surface area contributed by atoms with Crippen LogP contribution in [0.15, 0.2) is 66.1 Å². The van der Waals surface area contributed by atoms with Crippen LogP contribution in [0.2, 0.25) is 0 Å². The van der Waals surface area contributed by atoms with E-state index in [0.29, 0.717) is 17.2 Å². The summed E-state index contributed by atoms with van der Waals surface area (Å²) in [6, 6.07) is 6.22. The molecule has 2 N–H and O–H groups in total. The Balaban J connectivity index is 1.26. The summed E-state index contributed by atoms with van der Waals surface area (Å²) in [7, 11) is 0.